The molecule has 0 spiro atoms. The summed E-state index contributed by atoms with van der Waals surface area (Å²) in [6.45, 7) is 6.47. The molecule has 0 heterocycles. The van der Waals surface area contributed by atoms with Gasteiger partial charge in [-0.15, -0.1) is 0 Å². The zero-order valence-corrected chi connectivity index (χ0v) is 15.1. The predicted octanol–water partition coefficient (Wildman–Crippen LogP) is 6.59. The maximum Gasteiger partial charge on any atom is 0.305 e. The molecule has 0 radical (unpaired) electrons. The SMILES string of the molecule is C=C(CCCCCCC)CCCCCCCCCC(=O)OC. The second kappa shape index (κ2) is 16.6. The molecule has 0 amide bonds. The zero-order valence-electron chi connectivity index (χ0n) is 15.1. The fourth-order valence-corrected chi connectivity index (χ4v) is 2.73. The van der Waals surface area contributed by atoms with Gasteiger partial charge in [0.05, 0.1) is 7.11 Å². The molecule has 0 aliphatic rings. The van der Waals surface area contributed by atoms with E-state index in [1.165, 1.54) is 89.7 Å². The van der Waals surface area contributed by atoms with Crippen molar-refractivity contribution in [3.05, 3.63) is 12.2 Å². The summed E-state index contributed by atoms with van der Waals surface area (Å²) in [5.41, 5.74) is 1.45. The highest BCUT2D eigenvalue weighted by molar-refractivity contribution is 5.68. The van der Waals surface area contributed by atoms with Crippen LogP contribution in [-0.4, -0.2) is 13.1 Å². The highest BCUT2D eigenvalue weighted by Crippen LogP contribution is 2.16. The first-order valence-electron chi connectivity index (χ1n) is 9.44. The lowest BCUT2D eigenvalue weighted by Crippen LogP contribution is -1.99. The molecule has 0 aromatic rings. The van der Waals surface area contributed by atoms with Gasteiger partial charge < -0.3 is 4.74 Å². The van der Waals surface area contributed by atoms with E-state index in [2.05, 4.69) is 18.2 Å². The summed E-state index contributed by atoms with van der Waals surface area (Å²) >= 11 is 0. The third kappa shape index (κ3) is 15.6. The van der Waals surface area contributed by atoms with Gasteiger partial charge in [-0.05, 0) is 32.1 Å². The van der Waals surface area contributed by atoms with Gasteiger partial charge >= 0.3 is 5.97 Å². The van der Waals surface area contributed by atoms with Crippen LogP contribution in [0.3, 0.4) is 0 Å². The molecule has 0 saturated heterocycles. The van der Waals surface area contributed by atoms with Gasteiger partial charge in [0.2, 0.25) is 0 Å². The summed E-state index contributed by atoms with van der Waals surface area (Å²) in [4.78, 5) is 10.9. The molecule has 0 aromatic carbocycles. The minimum absolute atomic E-state index is 0.0757. The Hall–Kier alpha value is -0.790. The van der Waals surface area contributed by atoms with Gasteiger partial charge in [-0.3, -0.25) is 4.79 Å². The molecule has 0 atom stereocenters. The number of methoxy groups -OCH3 is 1. The average molecular weight is 311 g/mol. The van der Waals surface area contributed by atoms with Crippen LogP contribution in [0.25, 0.3) is 0 Å². The molecule has 130 valence electrons. The summed E-state index contributed by atoms with van der Waals surface area (Å²) in [6, 6.07) is 0. The largest absolute Gasteiger partial charge is 0.469 e. The van der Waals surface area contributed by atoms with Gasteiger partial charge in [0.15, 0.2) is 0 Å². The van der Waals surface area contributed by atoms with Crippen LogP contribution in [0.4, 0.5) is 0 Å². The predicted molar refractivity (Wildman–Crippen MR) is 96.1 cm³/mol. The van der Waals surface area contributed by atoms with Crippen molar-refractivity contribution in [2.24, 2.45) is 0 Å². The molecule has 0 unspecified atom stereocenters. The van der Waals surface area contributed by atoms with E-state index in [1.54, 1.807) is 0 Å². The third-order valence-electron chi connectivity index (χ3n) is 4.27. The van der Waals surface area contributed by atoms with Crippen molar-refractivity contribution in [1.82, 2.24) is 0 Å². The van der Waals surface area contributed by atoms with Crippen molar-refractivity contribution >= 4 is 5.97 Å². The fourth-order valence-electron chi connectivity index (χ4n) is 2.73. The molecule has 2 nitrogen and oxygen atoms in total. The van der Waals surface area contributed by atoms with Crippen molar-refractivity contribution in [2.45, 2.75) is 103 Å². The molecular weight excluding hydrogens is 272 g/mol. The Morgan fingerprint density at radius 1 is 0.727 bits per heavy atom. The van der Waals surface area contributed by atoms with Crippen LogP contribution in [0, 0.1) is 0 Å². The first kappa shape index (κ1) is 21.2. The third-order valence-corrected chi connectivity index (χ3v) is 4.27. The summed E-state index contributed by atoms with van der Waals surface area (Å²) in [5.74, 6) is -0.0757. The maximum absolute atomic E-state index is 10.9. The highest BCUT2D eigenvalue weighted by Gasteiger charge is 1.99. The van der Waals surface area contributed by atoms with Crippen LogP contribution in [0.2, 0.25) is 0 Å². The summed E-state index contributed by atoms with van der Waals surface area (Å²) in [5, 5.41) is 0. The van der Waals surface area contributed by atoms with Gasteiger partial charge in [0.25, 0.3) is 0 Å². The van der Waals surface area contributed by atoms with Crippen molar-refractivity contribution < 1.29 is 9.53 Å². The normalized spacial score (nSPS) is 10.6. The number of carbonyl (C=O) groups is 1. The summed E-state index contributed by atoms with van der Waals surface area (Å²) in [7, 11) is 1.46. The lowest BCUT2D eigenvalue weighted by Gasteiger charge is -2.06. The molecular formula is C20H38O2. The Balaban J connectivity index is 3.18. The number of carbonyl (C=O) groups excluding carboxylic acids is 1. The Kier molecular flexibility index (Phi) is 16.0. The number of allylic oxidation sites excluding steroid dienone is 1. The van der Waals surface area contributed by atoms with E-state index in [4.69, 9.17) is 0 Å². The molecule has 22 heavy (non-hydrogen) atoms. The average Bonchev–Trinajstić information content (AvgIpc) is 2.52. The van der Waals surface area contributed by atoms with Crippen molar-refractivity contribution in [2.75, 3.05) is 7.11 Å². The van der Waals surface area contributed by atoms with Crippen molar-refractivity contribution in [1.29, 1.82) is 0 Å². The lowest BCUT2D eigenvalue weighted by molar-refractivity contribution is -0.140. The number of hydrogen-bond donors (Lipinski definition) is 0. The van der Waals surface area contributed by atoms with Crippen LogP contribution in [-0.2, 0) is 9.53 Å². The second-order valence-electron chi connectivity index (χ2n) is 6.47. The lowest BCUT2D eigenvalue weighted by atomic mass is 10.0. The number of esters is 1. The highest BCUT2D eigenvalue weighted by atomic mass is 16.5. The minimum atomic E-state index is -0.0757. The smallest absolute Gasteiger partial charge is 0.305 e. The standard InChI is InChI=1S/C20H38O2/c1-4-5-6-10-13-16-19(2)17-14-11-8-7-9-12-15-18-20(21)22-3/h2,4-18H2,1,3H3. The van der Waals surface area contributed by atoms with Crippen molar-refractivity contribution in [3.8, 4) is 0 Å². The number of hydrogen-bond acceptors (Lipinski definition) is 2. The molecule has 0 fully saturated rings. The first-order valence-corrected chi connectivity index (χ1v) is 9.44. The number of rotatable bonds is 16. The van der Waals surface area contributed by atoms with E-state index in [9.17, 15) is 4.79 Å². The maximum atomic E-state index is 10.9. The first-order chi connectivity index (χ1) is 10.7. The number of unbranched alkanes of at least 4 members (excludes halogenated alkanes) is 10. The molecule has 0 saturated carbocycles. The Morgan fingerprint density at radius 3 is 1.59 bits per heavy atom. The van der Waals surface area contributed by atoms with E-state index < -0.39 is 0 Å². The quantitative estimate of drug-likeness (QED) is 0.183. The molecule has 0 rings (SSSR count). The monoisotopic (exact) mass is 310 g/mol. The molecule has 0 bridgehead atoms. The number of ether oxygens (including phenoxy) is 1. The zero-order chi connectivity index (χ0) is 16.5. The molecule has 0 N–H and O–H groups in total. The van der Waals surface area contributed by atoms with E-state index in [0.717, 1.165) is 12.8 Å². The van der Waals surface area contributed by atoms with Crippen LogP contribution in [0.15, 0.2) is 12.2 Å². The van der Waals surface area contributed by atoms with Gasteiger partial charge in [-0.25, -0.2) is 0 Å². The van der Waals surface area contributed by atoms with Gasteiger partial charge in [0.1, 0.15) is 0 Å². The van der Waals surface area contributed by atoms with E-state index in [1.807, 2.05) is 0 Å². The van der Waals surface area contributed by atoms with Crippen molar-refractivity contribution in [3.63, 3.8) is 0 Å². The summed E-state index contributed by atoms with van der Waals surface area (Å²) in [6.07, 6.45) is 18.4. The van der Waals surface area contributed by atoms with Gasteiger partial charge in [0, 0.05) is 6.42 Å². The van der Waals surface area contributed by atoms with Crippen LogP contribution < -0.4 is 0 Å². The summed E-state index contributed by atoms with van der Waals surface area (Å²) < 4.78 is 4.63. The van der Waals surface area contributed by atoms with Crippen LogP contribution >= 0.6 is 0 Å². The Labute approximate surface area is 138 Å². The van der Waals surface area contributed by atoms with Crippen LogP contribution in [0.1, 0.15) is 103 Å². The van der Waals surface area contributed by atoms with Crippen LogP contribution in [0.5, 0.6) is 0 Å². The van der Waals surface area contributed by atoms with E-state index in [-0.39, 0.29) is 5.97 Å². The topological polar surface area (TPSA) is 26.3 Å². The molecule has 0 aromatic heterocycles. The van der Waals surface area contributed by atoms with Gasteiger partial charge in [-0.1, -0.05) is 76.9 Å². The minimum Gasteiger partial charge on any atom is -0.469 e. The second-order valence-corrected chi connectivity index (χ2v) is 6.47. The molecule has 2 heteroatoms. The Bertz CT molecular complexity index is 271. The molecule has 0 aliphatic carbocycles. The van der Waals surface area contributed by atoms with E-state index >= 15 is 0 Å². The fraction of sp³-hybridized carbons (Fsp3) is 0.850. The molecule has 0 aliphatic heterocycles. The van der Waals surface area contributed by atoms with Gasteiger partial charge in [-0.2, -0.15) is 0 Å². The van der Waals surface area contributed by atoms with E-state index in [0.29, 0.717) is 6.42 Å². The Morgan fingerprint density at radius 2 is 1.14 bits per heavy atom.